The molecule has 0 saturated heterocycles. The molecule has 18 heavy (non-hydrogen) atoms. The van der Waals surface area contributed by atoms with E-state index in [2.05, 4.69) is 36.5 Å². The Balaban J connectivity index is 2.05. The molecule has 1 aromatic heterocycles. The molecule has 1 atom stereocenters. The molecule has 0 aliphatic rings. The molecule has 0 spiro atoms. The SMILES string of the molecule is CCCCCNC(c1ccccc1)c1ccco1. The van der Waals surface area contributed by atoms with Crippen molar-refractivity contribution in [1.82, 2.24) is 5.32 Å². The van der Waals surface area contributed by atoms with Gasteiger partial charge in [-0.05, 0) is 30.7 Å². The minimum Gasteiger partial charge on any atom is -0.467 e. The summed E-state index contributed by atoms with van der Waals surface area (Å²) in [6.07, 6.45) is 5.46. The molecule has 2 rings (SSSR count). The summed E-state index contributed by atoms with van der Waals surface area (Å²) in [4.78, 5) is 0. The molecule has 2 aromatic rings. The zero-order valence-electron chi connectivity index (χ0n) is 10.9. The van der Waals surface area contributed by atoms with E-state index in [0.29, 0.717) is 0 Å². The Morgan fingerprint density at radius 1 is 1.06 bits per heavy atom. The van der Waals surface area contributed by atoms with Gasteiger partial charge >= 0.3 is 0 Å². The van der Waals surface area contributed by atoms with Crippen molar-refractivity contribution in [3.63, 3.8) is 0 Å². The second-order valence-electron chi connectivity index (χ2n) is 4.52. The molecule has 96 valence electrons. The van der Waals surface area contributed by atoms with Gasteiger partial charge in [-0.2, -0.15) is 0 Å². The van der Waals surface area contributed by atoms with Crippen LogP contribution in [0.3, 0.4) is 0 Å². The molecular formula is C16H21NO. The average Bonchev–Trinajstić information content (AvgIpc) is 2.94. The maximum atomic E-state index is 5.54. The second kappa shape index (κ2) is 7.02. The fourth-order valence-electron chi connectivity index (χ4n) is 2.11. The molecule has 2 nitrogen and oxygen atoms in total. The molecule has 1 aromatic carbocycles. The maximum absolute atomic E-state index is 5.54. The van der Waals surface area contributed by atoms with Gasteiger partial charge in [-0.3, -0.25) is 0 Å². The lowest BCUT2D eigenvalue weighted by molar-refractivity contribution is 0.442. The van der Waals surface area contributed by atoms with Gasteiger partial charge in [0.2, 0.25) is 0 Å². The Morgan fingerprint density at radius 3 is 2.56 bits per heavy atom. The minimum absolute atomic E-state index is 0.165. The smallest absolute Gasteiger partial charge is 0.125 e. The lowest BCUT2D eigenvalue weighted by Crippen LogP contribution is -2.23. The van der Waals surface area contributed by atoms with Gasteiger partial charge in [0.1, 0.15) is 5.76 Å². The van der Waals surface area contributed by atoms with Crippen molar-refractivity contribution in [3.05, 3.63) is 60.1 Å². The summed E-state index contributed by atoms with van der Waals surface area (Å²) in [5.41, 5.74) is 1.25. The van der Waals surface area contributed by atoms with E-state index < -0.39 is 0 Å². The number of unbranched alkanes of at least 4 members (excludes halogenated alkanes) is 2. The Morgan fingerprint density at radius 2 is 1.89 bits per heavy atom. The van der Waals surface area contributed by atoms with E-state index >= 15 is 0 Å². The van der Waals surface area contributed by atoms with E-state index in [-0.39, 0.29) is 6.04 Å². The summed E-state index contributed by atoms with van der Waals surface area (Å²) in [7, 11) is 0. The molecule has 0 aliphatic heterocycles. The quantitative estimate of drug-likeness (QED) is 0.739. The van der Waals surface area contributed by atoms with Crippen LogP contribution >= 0.6 is 0 Å². The van der Waals surface area contributed by atoms with Crippen LogP contribution < -0.4 is 5.32 Å². The number of hydrogen-bond donors (Lipinski definition) is 1. The minimum atomic E-state index is 0.165. The summed E-state index contributed by atoms with van der Waals surface area (Å²) in [6, 6.07) is 14.6. The van der Waals surface area contributed by atoms with Crippen molar-refractivity contribution in [3.8, 4) is 0 Å². The zero-order valence-corrected chi connectivity index (χ0v) is 10.9. The highest BCUT2D eigenvalue weighted by atomic mass is 16.3. The molecule has 1 N–H and O–H groups in total. The van der Waals surface area contributed by atoms with Crippen LogP contribution in [0.15, 0.2) is 53.1 Å². The lowest BCUT2D eigenvalue weighted by atomic mass is 10.0. The summed E-state index contributed by atoms with van der Waals surface area (Å²) in [5.74, 6) is 0.984. The molecular weight excluding hydrogens is 222 g/mol. The molecule has 0 radical (unpaired) electrons. The van der Waals surface area contributed by atoms with Crippen LogP contribution in [-0.2, 0) is 0 Å². The first-order chi connectivity index (χ1) is 8.92. The van der Waals surface area contributed by atoms with E-state index in [9.17, 15) is 0 Å². The van der Waals surface area contributed by atoms with Gasteiger partial charge < -0.3 is 9.73 Å². The Bertz CT molecular complexity index is 422. The van der Waals surface area contributed by atoms with Crippen molar-refractivity contribution in [1.29, 1.82) is 0 Å². The third kappa shape index (κ3) is 3.47. The molecule has 1 heterocycles. The molecule has 0 amide bonds. The summed E-state index contributed by atoms with van der Waals surface area (Å²) in [5, 5.41) is 3.58. The van der Waals surface area contributed by atoms with Crippen molar-refractivity contribution in [2.75, 3.05) is 6.54 Å². The highest BCUT2D eigenvalue weighted by molar-refractivity contribution is 5.26. The predicted molar refractivity (Wildman–Crippen MR) is 74.5 cm³/mol. The highest BCUT2D eigenvalue weighted by Gasteiger charge is 2.15. The zero-order chi connectivity index (χ0) is 12.6. The summed E-state index contributed by atoms with van der Waals surface area (Å²) in [6.45, 7) is 3.25. The monoisotopic (exact) mass is 243 g/mol. The first-order valence-corrected chi connectivity index (χ1v) is 6.73. The van der Waals surface area contributed by atoms with Crippen LogP contribution in [0.25, 0.3) is 0 Å². The van der Waals surface area contributed by atoms with Crippen LogP contribution in [-0.4, -0.2) is 6.54 Å². The predicted octanol–water partition coefficient (Wildman–Crippen LogP) is 4.15. The molecule has 0 saturated carbocycles. The normalized spacial score (nSPS) is 12.5. The molecule has 0 aliphatic carbocycles. The Kier molecular flexibility index (Phi) is 5.03. The Hall–Kier alpha value is -1.54. The van der Waals surface area contributed by atoms with E-state index in [0.717, 1.165) is 12.3 Å². The fourth-order valence-corrected chi connectivity index (χ4v) is 2.11. The van der Waals surface area contributed by atoms with Gasteiger partial charge in [0.05, 0.1) is 12.3 Å². The molecule has 2 heteroatoms. The van der Waals surface area contributed by atoms with Gasteiger partial charge in [-0.15, -0.1) is 0 Å². The largest absolute Gasteiger partial charge is 0.467 e. The first kappa shape index (κ1) is 12.9. The van der Waals surface area contributed by atoms with Crippen molar-refractivity contribution in [2.45, 2.75) is 32.2 Å². The van der Waals surface area contributed by atoms with Gasteiger partial charge in [0.15, 0.2) is 0 Å². The maximum Gasteiger partial charge on any atom is 0.125 e. The summed E-state index contributed by atoms with van der Waals surface area (Å²) < 4.78 is 5.54. The second-order valence-corrected chi connectivity index (χ2v) is 4.52. The molecule has 0 bridgehead atoms. The van der Waals surface area contributed by atoms with Crippen LogP contribution in [0.5, 0.6) is 0 Å². The Labute approximate surface area is 109 Å². The topological polar surface area (TPSA) is 25.2 Å². The van der Waals surface area contributed by atoms with E-state index in [1.165, 1.54) is 24.8 Å². The third-order valence-corrected chi connectivity index (χ3v) is 3.09. The number of nitrogens with one attached hydrogen (secondary N) is 1. The number of rotatable bonds is 7. The summed E-state index contributed by atoms with van der Waals surface area (Å²) >= 11 is 0. The van der Waals surface area contributed by atoms with E-state index in [4.69, 9.17) is 4.42 Å². The third-order valence-electron chi connectivity index (χ3n) is 3.09. The van der Waals surface area contributed by atoms with Crippen molar-refractivity contribution in [2.24, 2.45) is 0 Å². The van der Waals surface area contributed by atoms with Gasteiger partial charge in [0, 0.05) is 0 Å². The van der Waals surface area contributed by atoms with Crippen molar-refractivity contribution >= 4 is 0 Å². The first-order valence-electron chi connectivity index (χ1n) is 6.73. The number of furan rings is 1. The van der Waals surface area contributed by atoms with Crippen LogP contribution in [0.1, 0.15) is 43.6 Å². The van der Waals surface area contributed by atoms with E-state index in [1.54, 1.807) is 6.26 Å². The van der Waals surface area contributed by atoms with Crippen molar-refractivity contribution < 1.29 is 4.42 Å². The average molecular weight is 243 g/mol. The van der Waals surface area contributed by atoms with Gasteiger partial charge in [-0.25, -0.2) is 0 Å². The van der Waals surface area contributed by atoms with E-state index in [1.807, 2.05) is 18.2 Å². The fraction of sp³-hybridized carbons (Fsp3) is 0.375. The standard InChI is InChI=1S/C16H21NO/c1-2-3-7-12-17-16(15-11-8-13-18-15)14-9-5-4-6-10-14/h4-6,8-11,13,16-17H,2-3,7,12H2,1H3. The highest BCUT2D eigenvalue weighted by Crippen LogP contribution is 2.22. The number of benzene rings is 1. The molecule has 1 unspecified atom stereocenters. The van der Waals surface area contributed by atoms with Gasteiger partial charge in [0.25, 0.3) is 0 Å². The van der Waals surface area contributed by atoms with Crippen LogP contribution in [0.4, 0.5) is 0 Å². The molecule has 0 fully saturated rings. The lowest BCUT2D eigenvalue weighted by Gasteiger charge is -2.17. The van der Waals surface area contributed by atoms with Crippen LogP contribution in [0.2, 0.25) is 0 Å². The van der Waals surface area contributed by atoms with Gasteiger partial charge in [-0.1, -0.05) is 50.1 Å². The number of hydrogen-bond acceptors (Lipinski definition) is 2. The van der Waals surface area contributed by atoms with Crippen LogP contribution in [0, 0.1) is 0 Å².